The van der Waals surface area contributed by atoms with E-state index in [1.54, 1.807) is 0 Å². The molecule has 0 saturated heterocycles. The molecule has 1 amide bonds. The van der Waals surface area contributed by atoms with Crippen molar-refractivity contribution in [3.05, 3.63) is 108 Å². The van der Waals surface area contributed by atoms with Gasteiger partial charge in [-0.05, 0) is 53.7 Å². The number of carbonyl (C=O) groups excluding carboxylic acids is 1. The van der Waals surface area contributed by atoms with Crippen molar-refractivity contribution in [3.63, 3.8) is 0 Å². The van der Waals surface area contributed by atoms with Crippen molar-refractivity contribution in [1.82, 2.24) is 15.5 Å². The topological polar surface area (TPSA) is 86.5 Å². The molecule has 0 saturated carbocycles. The van der Waals surface area contributed by atoms with Crippen LogP contribution in [0.25, 0.3) is 0 Å². The van der Waals surface area contributed by atoms with Gasteiger partial charge in [0.1, 0.15) is 11.6 Å². The molecule has 1 heterocycles. The van der Waals surface area contributed by atoms with E-state index in [4.69, 9.17) is 13.6 Å². The summed E-state index contributed by atoms with van der Waals surface area (Å²) in [4.78, 5) is 12.7. The highest BCUT2D eigenvalue weighted by Gasteiger charge is 2.50. The highest BCUT2D eigenvalue weighted by atomic mass is 28.4. The molecule has 0 fully saturated rings. The van der Waals surface area contributed by atoms with Gasteiger partial charge in [-0.25, -0.2) is 4.79 Å². The summed E-state index contributed by atoms with van der Waals surface area (Å²) in [5.74, 6) is 0.802. The Morgan fingerprint density at radius 3 is 1.91 bits per heavy atom. The molecule has 7 nitrogen and oxygen atoms in total. The lowest BCUT2D eigenvalue weighted by Gasteiger charge is -2.43. The van der Waals surface area contributed by atoms with Crippen molar-refractivity contribution < 1.29 is 18.4 Å². The monoisotopic (exact) mass is 599 g/mol. The van der Waals surface area contributed by atoms with Crippen LogP contribution in [0.1, 0.15) is 77.4 Å². The summed E-state index contributed by atoms with van der Waals surface area (Å²) in [7, 11) is -2.69. The van der Waals surface area contributed by atoms with E-state index in [-0.39, 0.29) is 5.04 Å². The number of aryl methyl sites for hydroxylation is 1. The van der Waals surface area contributed by atoms with Crippen molar-refractivity contribution in [2.45, 2.75) is 84.4 Å². The number of nitrogens with one attached hydrogen (secondary N) is 1. The first-order chi connectivity index (χ1) is 20.4. The van der Waals surface area contributed by atoms with E-state index < -0.39 is 26.1 Å². The van der Waals surface area contributed by atoms with Gasteiger partial charge >= 0.3 is 6.09 Å². The first-order valence-corrected chi connectivity index (χ1v) is 17.0. The van der Waals surface area contributed by atoms with Crippen LogP contribution in [0, 0.1) is 0 Å². The number of benzene rings is 3. The second-order valence-electron chi connectivity index (χ2n) is 12.9. The third-order valence-electron chi connectivity index (χ3n) is 7.39. The quantitative estimate of drug-likeness (QED) is 0.197. The van der Waals surface area contributed by atoms with Crippen molar-refractivity contribution >= 4 is 24.8 Å². The normalized spacial score (nSPS) is 13.0. The van der Waals surface area contributed by atoms with Crippen LogP contribution in [0.2, 0.25) is 5.04 Å². The molecule has 0 aliphatic rings. The van der Waals surface area contributed by atoms with E-state index in [0.29, 0.717) is 31.2 Å². The van der Waals surface area contributed by atoms with E-state index >= 15 is 0 Å². The Hall–Kier alpha value is -3.75. The molecule has 0 bridgehead atoms. The molecule has 0 spiro atoms. The lowest BCUT2D eigenvalue weighted by molar-refractivity contribution is 0.0495. The predicted octanol–water partition coefficient (Wildman–Crippen LogP) is 6.56. The Balaban J connectivity index is 1.55. The maximum Gasteiger partial charge on any atom is 0.408 e. The van der Waals surface area contributed by atoms with Crippen LogP contribution in [0.3, 0.4) is 0 Å². The van der Waals surface area contributed by atoms with Crippen molar-refractivity contribution in [3.8, 4) is 0 Å². The number of nitrogens with zero attached hydrogens (tertiary/aromatic N) is 2. The van der Waals surface area contributed by atoms with Crippen molar-refractivity contribution in [1.29, 1.82) is 0 Å². The van der Waals surface area contributed by atoms with E-state index in [1.807, 2.05) is 32.9 Å². The molecule has 0 radical (unpaired) electrons. The molecule has 3 aromatic carbocycles. The van der Waals surface area contributed by atoms with Crippen LogP contribution in [0.5, 0.6) is 0 Å². The van der Waals surface area contributed by atoms with E-state index in [2.05, 4.69) is 116 Å². The summed E-state index contributed by atoms with van der Waals surface area (Å²) >= 11 is 0. The Bertz CT molecular complexity index is 1400. The van der Waals surface area contributed by atoms with Crippen molar-refractivity contribution in [2.24, 2.45) is 0 Å². The fraction of sp³-hybridized carbons (Fsp3) is 0.400. The van der Waals surface area contributed by atoms with Gasteiger partial charge in [-0.15, -0.1) is 10.2 Å². The average molecular weight is 600 g/mol. The number of aromatic nitrogens is 2. The van der Waals surface area contributed by atoms with E-state index in [9.17, 15) is 4.79 Å². The van der Waals surface area contributed by atoms with Crippen LogP contribution < -0.4 is 15.7 Å². The van der Waals surface area contributed by atoms with Crippen molar-refractivity contribution in [2.75, 3.05) is 6.61 Å². The van der Waals surface area contributed by atoms with Gasteiger partial charge in [-0.1, -0.05) is 113 Å². The van der Waals surface area contributed by atoms with Gasteiger partial charge in [0.25, 0.3) is 8.32 Å². The lowest BCUT2D eigenvalue weighted by atomic mass is 10.0. The van der Waals surface area contributed by atoms with Crippen LogP contribution >= 0.6 is 0 Å². The number of carbonyl (C=O) groups is 1. The molecule has 4 rings (SSSR count). The Kier molecular flexibility index (Phi) is 10.2. The summed E-state index contributed by atoms with van der Waals surface area (Å²) < 4.78 is 18.7. The Labute approximate surface area is 257 Å². The lowest BCUT2D eigenvalue weighted by Crippen LogP contribution is -2.66. The second-order valence-corrected chi connectivity index (χ2v) is 17.2. The molecule has 1 atom stereocenters. The third kappa shape index (κ3) is 8.21. The van der Waals surface area contributed by atoms with E-state index in [0.717, 1.165) is 12.0 Å². The molecule has 228 valence electrons. The standard InChI is InChI=1S/C35H45N3O4Si/c1-8-26-19-21-27(22-20-26)25-30(36-33(39)42-34(2,3)4)32-38-37-31(41-32)23-24-40-43(35(5,6)7,28-15-11-9-12-16-28)29-17-13-10-14-18-29/h9-22,30H,8,23-25H2,1-7H3,(H,36,39)/t30-/m0/s1. The number of ether oxygens (including phenoxy) is 1. The molecule has 8 heteroatoms. The Morgan fingerprint density at radius 2 is 1.40 bits per heavy atom. The fourth-order valence-corrected chi connectivity index (χ4v) is 9.92. The van der Waals surface area contributed by atoms with Gasteiger partial charge < -0.3 is 18.9 Å². The molecule has 43 heavy (non-hydrogen) atoms. The highest BCUT2D eigenvalue weighted by molar-refractivity contribution is 6.99. The van der Waals surface area contributed by atoms with Gasteiger partial charge in [0.05, 0.1) is 0 Å². The number of alkyl carbamates (subject to hydrolysis) is 1. The zero-order valence-corrected chi connectivity index (χ0v) is 27.5. The van der Waals surface area contributed by atoms with Gasteiger partial charge in [0.15, 0.2) is 0 Å². The highest BCUT2D eigenvalue weighted by Crippen LogP contribution is 2.36. The number of hydrogen-bond acceptors (Lipinski definition) is 6. The second kappa shape index (κ2) is 13.7. The van der Waals surface area contributed by atoms with Gasteiger partial charge in [0, 0.05) is 19.4 Å². The molecular formula is C35H45N3O4Si. The molecule has 1 N–H and O–H groups in total. The number of amides is 1. The maximum atomic E-state index is 12.7. The van der Waals surface area contributed by atoms with Crippen LogP contribution in [-0.4, -0.2) is 36.8 Å². The van der Waals surface area contributed by atoms with Gasteiger partial charge in [0.2, 0.25) is 11.8 Å². The molecule has 0 unspecified atom stereocenters. The Morgan fingerprint density at radius 1 is 0.837 bits per heavy atom. The minimum atomic E-state index is -2.69. The van der Waals surface area contributed by atoms with Crippen LogP contribution in [-0.2, 0) is 28.4 Å². The first kappa shape index (κ1) is 32.2. The predicted molar refractivity (Wildman–Crippen MR) is 173 cm³/mol. The number of hydrogen-bond donors (Lipinski definition) is 1. The number of rotatable bonds is 11. The van der Waals surface area contributed by atoms with Crippen LogP contribution in [0.15, 0.2) is 89.3 Å². The van der Waals surface area contributed by atoms with Gasteiger partial charge in [-0.2, -0.15) is 0 Å². The smallest absolute Gasteiger partial charge is 0.408 e. The minimum absolute atomic E-state index is 0.133. The molecular weight excluding hydrogens is 554 g/mol. The summed E-state index contributed by atoms with van der Waals surface area (Å²) in [5, 5.41) is 13.9. The molecule has 4 aromatic rings. The minimum Gasteiger partial charge on any atom is -0.444 e. The summed E-state index contributed by atoms with van der Waals surface area (Å²) in [5.41, 5.74) is 1.67. The zero-order chi connectivity index (χ0) is 31.1. The molecule has 0 aliphatic heterocycles. The average Bonchev–Trinajstić information content (AvgIpc) is 3.44. The molecule has 0 aliphatic carbocycles. The van der Waals surface area contributed by atoms with Crippen LogP contribution in [0.4, 0.5) is 4.79 Å². The summed E-state index contributed by atoms with van der Waals surface area (Å²) in [6.07, 6.45) is 1.37. The first-order valence-electron chi connectivity index (χ1n) is 15.1. The summed E-state index contributed by atoms with van der Waals surface area (Å²) in [6.45, 7) is 14.8. The summed E-state index contributed by atoms with van der Waals surface area (Å²) in [6, 6.07) is 28.9. The zero-order valence-electron chi connectivity index (χ0n) is 26.5. The SMILES string of the molecule is CCc1ccc(C[C@H](NC(=O)OC(C)(C)C)c2nnc(CCO[Si](c3ccccc3)(c3ccccc3)C(C)(C)C)o2)cc1. The third-order valence-corrected chi connectivity index (χ3v) is 12.4. The largest absolute Gasteiger partial charge is 0.444 e. The van der Waals surface area contributed by atoms with Gasteiger partial charge in [-0.3, -0.25) is 0 Å². The molecule has 1 aromatic heterocycles. The fourth-order valence-electron chi connectivity index (χ4n) is 5.36. The van der Waals surface area contributed by atoms with E-state index in [1.165, 1.54) is 15.9 Å². The maximum absolute atomic E-state index is 12.7.